The summed E-state index contributed by atoms with van der Waals surface area (Å²) >= 11 is 5.82. The summed E-state index contributed by atoms with van der Waals surface area (Å²) in [5, 5.41) is 13.9. The first-order valence-corrected chi connectivity index (χ1v) is 7.77. The fraction of sp³-hybridized carbons (Fsp3) is 0.625. The molecule has 0 spiro atoms. The number of nitrogens with one attached hydrogen (secondary N) is 1. The maximum absolute atomic E-state index is 9.88. The molecule has 2 rings (SSSR count). The normalized spacial score (nSPS) is 18.2. The lowest BCUT2D eigenvalue weighted by Gasteiger charge is -2.40. The van der Waals surface area contributed by atoms with Gasteiger partial charge in [-0.05, 0) is 37.0 Å². The summed E-state index contributed by atoms with van der Waals surface area (Å²) < 4.78 is 11.0. The highest BCUT2D eigenvalue weighted by molar-refractivity contribution is 6.30. The third kappa shape index (κ3) is 5.24. The first kappa shape index (κ1) is 16.7. The molecule has 0 aromatic heterocycles. The van der Waals surface area contributed by atoms with Gasteiger partial charge in [-0.2, -0.15) is 0 Å². The summed E-state index contributed by atoms with van der Waals surface area (Å²) in [5.74, 6) is 0. The molecule has 1 aromatic carbocycles. The van der Waals surface area contributed by atoms with Crippen LogP contribution in [0.2, 0.25) is 5.02 Å². The van der Waals surface area contributed by atoms with E-state index in [9.17, 15) is 5.11 Å². The van der Waals surface area contributed by atoms with Crippen LogP contribution in [0.4, 0.5) is 0 Å². The molecule has 1 unspecified atom stereocenters. The maximum atomic E-state index is 9.88. The minimum atomic E-state index is -0.508. The molecule has 0 saturated heterocycles. The number of methoxy groups -OCH3 is 1. The van der Waals surface area contributed by atoms with Crippen LogP contribution in [0.3, 0.4) is 0 Å². The van der Waals surface area contributed by atoms with Crippen molar-refractivity contribution in [2.75, 3.05) is 26.8 Å². The number of benzene rings is 1. The molecule has 1 fully saturated rings. The molecule has 21 heavy (non-hydrogen) atoms. The minimum Gasteiger partial charge on any atom is -0.389 e. The SMILES string of the molecule is COC1(CNCC(O)COCc2ccc(Cl)cc2)CCC1. The molecule has 118 valence electrons. The van der Waals surface area contributed by atoms with Crippen LogP contribution >= 0.6 is 11.6 Å². The highest BCUT2D eigenvalue weighted by atomic mass is 35.5. The van der Waals surface area contributed by atoms with Gasteiger partial charge in [-0.1, -0.05) is 23.7 Å². The van der Waals surface area contributed by atoms with E-state index in [1.807, 2.05) is 24.3 Å². The highest BCUT2D eigenvalue weighted by Crippen LogP contribution is 2.34. The zero-order valence-electron chi connectivity index (χ0n) is 12.5. The molecule has 2 N–H and O–H groups in total. The van der Waals surface area contributed by atoms with Crippen molar-refractivity contribution in [3.63, 3.8) is 0 Å². The topological polar surface area (TPSA) is 50.7 Å². The summed E-state index contributed by atoms with van der Waals surface area (Å²) in [4.78, 5) is 0. The predicted octanol–water partition coefficient (Wildman–Crippen LogP) is 2.38. The fourth-order valence-corrected chi connectivity index (χ4v) is 2.57. The fourth-order valence-electron chi connectivity index (χ4n) is 2.44. The molecule has 0 heterocycles. The van der Waals surface area contributed by atoms with Gasteiger partial charge in [0.1, 0.15) is 0 Å². The van der Waals surface area contributed by atoms with Crippen LogP contribution in [0.1, 0.15) is 24.8 Å². The Balaban J connectivity index is 1.57. The Bertz CT molecular complexity index is 415. The molecule has 1 aliphatic rings. The van der Waals surface area contributed by atoms with E-state index in [0.29, 0.717) is 24.8 Å². The van der Waals surface area contributed by atoms with Crippen LogP contribution in [0.5, 0.6) is 0 Å². The molecular weight excluding hydrogens is 290 g/mol. The Morgan fingerprint density at radius 2 is 2.05 bits per heavy atom. The Hall–Kier alpha value is -0.650. The minimum absolute atomic E-state index is 0.0100. The lowest BCUT2D eigenvalue weighted by atomic mass is 9.80. The van der Waals surface area contributed by atoms with E-state index in [-0.39, 0.29) is 5.60 Å². The van der Waals surface area contributed by atoms with E-state index in [1.165, 1.54) is 6.42 Å². The molecule has 4 nitrogen and oxygen atoms in total. The van der Waals surface area contributed by atoms with Crippen LogP contribution in [-0.4, -0.2) is 43.6 Å². The van der Waals surface area contributed by atoms with E-state index in [0.717, 1.165) is 24.9 Å². The number of halogens is 1. The lowest BCUT2D eigenvalue weighted by molar-refractivity contribution is -0.0713. The number of aliphatic hydroxyl groups is 1. The largest absolute Gasteiger partial charge is 0.389 e. The number of aliphatic hydroxyl groups excluding tert-OH is 1. The zero-order chi connectivity index (χ0) is 15.1. The number of hydrogen-bond donors (Lipinski definition) is 2. The van der Waals surface area contributed by atoms with Crippen molar-refractivity contribution in [1.82, 2.24) is 5.32 Å². The van der Waals surface area contributed by atoms with Gasteiger partial charge >= 0.3 is 0 Å². The Morgan fingerprint density at radius 3 is 2.62 bits per heavy atom. The first-order chi connectivity index (χ1) is 10.1. The molecule has 0 amide bonds. The monoisotopic (exact) mass is 313 g/mol. The average molecular weight is 314 g/mol. The third-order valence-electron chi connectivity index (χ3n) is 4.02. The number of rotatable bonds is 9. The van der Waals surface area contributed by atoms with E-state index in [2.05, 4.69) is 5.32 Å². The van der Waals surface area contributed by atoms with Gasteiger partial charge in [-0.15, -0.1) is 0 Å². The van der Waals surface area contributed by atoms with Crippen molar-refractivity contribution < 1.29 is 14.6 Å². The quantitative estimate of drug-likeness (QED) is 0.735. The standard InChI is InChI=1S/C16H24ClNO3/c1-20-16(7-2-8-16)12-18-9-15(19)11-21-10-13-3-5-14(17)6-4-13/h3-6,15,18-19H,2,7-12H2,1H3. The summed E-state index contributed by atoms with van der Waals surface area (Å²) in [6.07, 6.45) is 2.91. The van der Waals surface area contributed by atoms with E-state index in [1.54, 1.807) is 7.11 Å². The second-order valence-corrected chi connectivity index (χ2v) is 6.10. The van der Waals surface area contributed by atoms with Gasteiger partial charge in [-0.25, -0.2) is 0 Å². The predicted molar refractivity (Wildman–Crippen MR) is 83.6 cm³/mol. The number of hydrogen-bond acceptors (Lipinski definition) is 4. The van der Waals surface area contributed by atoms with Crippen LogP contribution in [0.15, 0.2) is 24.3 Å². The van der Waals surface area contributed by atoms with Crippen molar-refractivity contribution in [2.24, 2.45) is 0 Å². The summed E-state index contributed by atoms with van der Waals surface area (Å²) in [7, 11) is 1.76. The maximum Gasteiger partial charge on any atom is 0.0897 e. The summed E-state index contributed by atoms with van der Waals surface area (Å²) in [6.45, 7) is 2.11. The smallest absolute Gasteiger partial charge is 0.0897 e. The van der Waals surface area contributed by atoms with Crippen LogP contribution in [0, 0.1) is 0 Å². The summed E-state index contributed by atoms with van der Waals surface area (Å²) in [6, 6.07) is 7.51. The van der Waals surface area contributed by atoms with Gasteiger partial charge < -0.3 is 19.9 Å². The molecule has 0 bridgehead atoms. The van der Waals surface area contributed by atoms with E-state index >= 15 is 0 Å². The van der Waals surface area contributed by atoms with Crippen molar-refractivity contribution in [2.45, 2.75) is 37.6 Å². The third-order valence-corrected chi connectivity index (χ3v) is 4.27. The Kier molecular flexibility index (Phi) is 6.45. The van der Waals surface area contributed by atoms with E-state index in [4.69, 9.17) is 21.1 Å². The van der Waals surface area contributed by atoms with Gasteiger partial charge in [0.15, 0.2) is 0 Å². The molecule has 1 aromatic rings. The van der Waals surface area contributed by atoms with Crippen LogP contribution < -0.4 is 5.32 Å². The summed E-state index contributed by atoms with van der Waals surface area (Å²) in [5.41, 5.74) is 1.04. The molecular formula is C16H24ClNO3. The lowest BCUT2D eigenvalue weighted by Crippen LogP contribution is -2.49. The van der Waals surface area contributed by atoms with Gasteiger partial charge in [0.25, 0.3) is 0 Å². The number of ether oxygens (including phenoxy) is 2. The first-order valence-electron chi connectivity index (χ1n) is 7.40. The van der Waals surface area contributed by atoms with Crippen LogP contribution in [-0.2, 0) is 16.1 Å². The average Bonchev–Trinajstić information content (AvgIpc) is 2.44. The molecule has 5 heteroatoms. The second kappa shape index (κ2) is 8.11. The molecule has 0 radical (unpaired) electrons. The van der Waals surface area contributed by atoms with E-state index < -0.39 is 6.10 Å². The van der Waals surface area contributed by atoms with Gasteiger partial charge in [0.05, 0.1) is 24.9 Å². The Morgan fingerprint density at radius 1 is 1.33 bits per heavy atom. The zero-order valence-corrected chi connectivity index (χ0v) is 13.2. The van der Waals surface area contributed by atoms with Crippen molar-refractivity contribution in [3.05, 3.63) is 34.9 Å². The van der Waals surface area contributed by atoms with Gasteiger partial charge in [-0.3, -0.25) is 0 Å². The highest BCUT2D eigenvalue weighted by Gasteiger charge is 2.36. The molecule has 1 atom stereocenters. The molecule has 1 aliphatic carbocycles. The Labute approximate surface area is 131 Å². The van der Waals surface area contributed by atoms with Gasteiger partial charge in [0.2, 0.25) is 0 Å². The molecule has 0 aliphatic heterocycles. The second-order valence-electron chi connectivity index (χ2n) is 5.67. The van der Waals surface area contributed by atoms with Crippen molar-refractivity contribution >= 4 is 11.6 Å². The van der Waals surface area contributed by atoms with Gasteiger partial charge in [0, 0.05) is 25.2 Å². The van der Waals surface area contributed by atoms with Crippen molar-refractivity contribution in [3.8, 4) is 0 Å². The van der Waals surface area contributed by atoms with Crippen LogP contribution in [0.25, 0.3) is 0 Å². The van der Waals surface area contributed by atoms with Crippen molar-refractivity contribution in [1.29, 1.82) is 0 Å². The molecule has 1 saturated carbocycles.